The summed E-state index contributed by atoms with van der Waals surface area (Å²) >= 11 is 5.51. The third-order valence-corrected chi connectivity index (χ3v) is 6.58. The summed E-state index contributed by atoms with van der Waals surface area (Å²) in [6, 6.07) is 11.0. The van der Waals surface area contributed by atoms with Crippen molar-refractivity contribution in [1.29, 1.82) is 0 Å². The smallest absolute Gasteiger partial charge is 0.262 e. The lowest BCUT2D eigenvalue weighted by Gasteiger charge is -2.24. The summed E-state index contributed by atoms with van der Waals surface area (Å²) in [5.41, 5.74) is 2.01. The van der Waals surface area contributed by atoms with Crippen LogP contribution in [0.15, 0.2) is 41.2 Å². The van der Waals surface area contributed by atoms with E-state index in [1.165, 1.54) is 6.42 Å². The first-order valence-electron chi connectivity index (χ1n) is 11.3. The average molecular weight is 468 g/mol. The normalized spacial score (nSPS) is 14.2. The zero-order valence-electron chi connectivity index (χ0n) is 19.0. The fraction of sp³-hybridized carbons (Fsp3) is 0.400. The third-order valence-electron chi connectivity index (χ3n) is 6.28. The van der Waals surface area contributed by atoms with Gasteiger partial charge >= 0.3 is 0 Å². The molecule has 0 bridgehead atoms. The van der Waals surface area contributed by atoms with Gasteiger partial charge in [0.25, 0.3) is 11.5 Å². The van der Waals surface area contributed by atoms with Gasteiger partial charge in [-0.25, -0.2) is 0 Å². The fourth-order valence-electron chi connectivity index (χ4n) is 4.50. The van der Waals surface area contributed by atoms with E-state index in [2.05, 4.69) is 10.3 Å². The zero-order chi connectivity index (χ0) is 23.4. The molecule has 0 spiro atoms. The van der Waals surface area contributed by atoms with E-state index in [0.29, 0.717) is 45.7 Å². The molecule has 1 aliphatic carbocycles. The predicted molar refractivity (Wildman–Crippen MR) is 131 cm³/mol. The van der Waals surface area contributed by atoms with E-state index in [4.69, 9.17) is 21.7 Å². The summed E-state index contributed by atoms with van der Waals surface area (Å²) < 4.78 is 12.7. The topological polar surface area (TPSA) is 85.4 Å². The molecule has 2 N–H and O–H groups in total. The van der Waals surface area contributed by atoms with Gasteiger partial charge in [0.2, 0.25) is 0 Å². The van der Waals surface area contributed by atoms with Crippen molar-refractivity contribution in [3.63, 3.8) is 0 Å². The molecular formula is C25H29N3O4S. The van der Waals surface area contributed by atoms with Crippen molar-refractivity contribution in [3.05, 3.63) is 62.6 Å². The van der Waals surface area contributed by atoms with Crippen LogP contribution in [0.25, 0.3) is 10.9 Å². The molecule has 0 saturated heterocycles. The molecule has 33 heavy (non-hydrogen) atoms. The van der Waals surface area contributed by atoms with Crippen LogP contribution in [0, 0.1) is 4.77 Å². The van der Waals surface area contributed by atoms with Crippen LogP contribution in [-0.4, -0.2) is 36.2 Å². The minimum Gasteiger partial charge on any atom is -0.493 e. The average Bonchev–Trinajstić information content (AvgIpc) is 2.84. The minimum absolute atomic E-state index is 0.0824. The number of amides is 1. The Labute approximate surface area is 197 Å². The Bertz CT molecular complexity index is 1270. The van der Waals surface area contributed by atoms with Gasteiger partial charge in [0.15, 0.2) is 16.3 Å². The number of fused-ring (bicyclic) bond motifs is 1. The molecule has 8 heteroatoms. The molecular weight excluding hydrogens is 438 g/mol. The summed E-state index contributed by atoms with van der Waals surface area (Å²) in [4.78, 5) is 29.0. The molecule has 1 amide bonds. The Morgan fingerprint density at radius 1 is 1.09 bits per heavy atom. The van der Waals surface area contributed by atoms with Crippen molar-refractivity contribution in [2.75, 3.05) is 20.8 Å². The number of hydrogen-bond acceptors (Lipinski definition) is 5. The lowest BCUT2D eigenvalue weighted by Crippen LogP contribution is -2.28. The molecule has 4 rings (SSSR count). The number of methoxy groups -OCH3 is 2. The van der Waals surface area contributed by atoms with E-state index in [1.54, 1.807) is 37.0 Å². The highest BCUT2D eigenvalue weighted by Gasteiger charge is 2.19. The summed E-state index contributed by atoms with van der Waals surface area (Å²) in [6.07, 6.45) is 6.04. The fourth-order valence-corrected chi connectivity index (χ4v) is 4.84. The number of nitrogens with zero attached hydrogens (tertiary/aromatic N) is 1. The monoisotopic (exact) mass is 467 g/mol. The maximum Gasteiger partial charge on any atom is 0.262 e. The van der Waals surface area contributed by atoms with Crippen LogP contribution in [0.4, 0.5) is 0 Å². The number of benzene rings is 2. The molecule has 0 unspecified atom stereocenters. The van der Waals surface area contributed by atoms with Crippen molar-refractivity contribution in [1.82, 2.24) is 14.9 Å². The summed E-state index contributed by atoms with van der Waals surface area (Å²) in [5, 5.41) is 3.49. The lowest BCUT2D eigenvalue weighted by molar-refractivity contribution is 0.0954. The standard InChI is InChI=1S/C25H29N3O4S/c1-31-21-11-8-16(14-22(21)32-2)12-13-26-23(29)17-9-10-19-20(15-17)27-25(33)28(24(19)30)18-6-4-3-5-7-18/h8-11,14-15,18H,3-7,12-13H2,1-2H3,(H,26,29)(H,27,33). The van der Waals surface area contributed by atoms with Gasteiger partial charge in [-0.1, -0.05) is 25.3 Å². The zero-order valence-corrected chi connectivity index (χ0v) is 19.8. The maximum atomic E-state index is 13.1. The van der Waals surface area contributed by atoms with Gasteiger partial charge in [0.1, 0.15) is 0 Å². The number of rotatable bonds is 7. The number of nitrogens with one attached hydrogen (secondary N) is 2. The van der Waals surface area contributed by atoms with Gasteiger partial charge in [-0.2, -0.15) is 0 Å². The Kier molecular flexibility index (Phi) is 7.13. The van der Waals surface area contributed by atoms with Gasteiger partial charge in [-0.3, -0.25) is 14.2 Å². The number of hydrogen-bond donors (Lipinski definition) is 2. The quantitative estimate of drug-likeness (QED) is 0.498. The van der Waals surface area contributed by atoms with Crippen molar-refractivity contribution >= 4 is 29.0 Å². The SMILES string of the molecule is COc1ccc(CCNC(=O)c2ccc3c(=O)n(C4CCCCC4)c(=S)[nH]c3c2)cc1OC. The Balaban J connectivity index is 1.47. The van der Waals surface area contributed by atoms with Crippen molar-refractivity contribution in [3.8, 4) is 11.5 Å². The van der Waals surface area contributed by atoms with Crippen LogP contribution in [0.3, 0.4) is 0 Å². The van der Waals surface area contributed by atoms with Crippen molar-refractivity contribution < 1.29 is 14.3 Å². The van der Waals surface area contributed by atoms with Crippen LogP contribution in [0.5, 0.6) is 11.5 Å². The first-order chi connectivity index (χ1) is 16.0. The number of aromatic nitrogens is 2. The molecule has 174 valence electrons. The molecule has 1 aliphatic rings. The largest absolute Gasteiger partial charge is 0.493 e. The predicted octanol–water partition coefficient (Wildman–Crippen LogP) is 4.55. The van der Waals surface area contributed by atoms with Crippen molar-refractivity contribution in [2.45, 2.75) is 44.6 Å². The van der Waals surface area contributed by atoms with Crippen molar-refractivity contribution in [2.24, 2.45) is 0 Å². The molecule has 1 fully saturated rings. The molecule has 0 aliphatic heterocycles. The van der Waals surface area contributed by atoms with E-state index >= 15 is 0 Å². The minimum atomic E-state index is -0.201. The molecule has 0 atom stereocenters. The molecule has 7 nitrogen and oxygen atoms in total. The Hall–Kier alpha value is -3.13. The van der Waals surface area contributed by atoms with Gasteiger partial charge in [0, 0.05) is 18.2 Å². The van der Waals surface area contributed by atoms with E-state index < -0.39 is 0 Å². The highest BCUT2D eigenvalue weighted by molar-refractivity contribution is 7.71. The van der Waals surface area contributed by atoms with Gasteiger partial charge in [-0.05, 0) is 67.4 Å². The van der Waals surface area contributed by atoms with E-state index in [1.807, 2.05) is 18.2 Å². The van der Waals surface area contributed by atoms with E-state index in [-0.39, 0.29) is 17.5 Å². The highest BCUT2D eigenvalue weighted by Crippen LogP contribution is 2.28. The molecule has 1 saturated carbocycles. The molecule has 2 aromatic carbocycles. The second-order valence-corrected chi connectivity index (χ2v) is 8.74. The number of H-pyrrole nitrogens is 1. The second-order valence-electron chi connectivity index (χ2n) is 8.35. The molecule has 3 aromatic rings. The number of carbonyl (C=O) groups excluding carboxylic acids is 1. The highest BCUT2D eigenvalue weighted by atomic mass is 32.1. The van der Waals surface area contributed by atoms with E-state index in [0.717, 1.165) is 31.2 Å². The van der Waals surface area contributed by atoms with Gasteiger partial charge < -0.3 is 19.8 Å². The maximum absolute atomic E-state index is 13.1. The molecule has 1 aromatic heterocycles. The first kappa shape index (κ1) is 23.0. The first-order valence-corrected chi connectivity index (χ1v) is 11.7. The van der Waals surface area contributed by atoms with Crippen LogP contribution in [-0.2, 0) is 6.42 Å². The Morgan fingerprint density at radius 2 is 1.85 bits per heavy atom. The van der Waals surface area contributed by atoms with Crippen LogP contribution in [0.1, 0.15) is 54.1 Å². The third kappa shape index (κ3) is 4.95. The lowest BCUT2D eigenvalue weighted by atomic mass is 9.95. The van der Waals surface area contributed by atoms with Gasteiger partial charge in [0.05, 0.1) is 25.1 Å². The summed E-state index contributed by atoms with van der Waals surface area (Å²) in [6.45, 7) is 0.464. The van der Waals surface area contributed by atoms with Crippen LogP contribution < -0.4 is 20.3 Å². The summed E-state index contributed by atoms with van der Waals surface area (Å²) in [7, 11) is 3.19. The van der Waals surface area contributed by atoms with Gasteiger partial charge in [-0.15, -0.1) is 0 Å². The van der Waals surface area contributed by atoms with Crippen LogP contribution >= 0.6 is 12.2 Å². The molecule has 0 radical (unpaired) electrons. The summed E-state index contributed by atoms with van der Waals surface area (Å²) in [5.74, 6) is 1.12. The molecule has 1 heterocycles. The second kappa shape index (κ2) is 10.2. The number of aromatic amines is 1. The van der Waals surface area contributed by atoms with Crippen LogP contribution in [0.2, 0.25) is 0 Å². The number of ether oxygens (including phenoxy) is 2. The van der Waals surface area contributed by atoms with E-state index in [9.17, 15) is 9.59 Å². The Morgan fingerprint density at radius 3 is 2.58 bits per heavy atom. The number of carbonyl (C=O) groups is 1.